The van der Waals surface area contributed by atoms with E-state index in [9.17, 15) is 4.57 Å². The molecule has 0 aromatic heterocycles. The molecule has 0 saturated heterocycles. The summed E-state index contributed by atoms with van der Waals surface area (Å²) in [5, 5.41) is 4.69. The van der Waals surface area contributed by atoms with Gasteiger partial charge >= 0.3 is 7.82 Å². The van der Waals surface area contributed by atoms with Crippen molar-refractivity contribution in [2.24, 2.45) is 0 Å². The summed E-state index contributed by atoms with van der Waals surface area (Å²) in [6, 6.07) is 0. The third-order valence-electron chi connectivity index (χ3n) is 2.76. The quantitative estimate of drug-likeness (QED) is 0.406. The van der Waals surface area contributed by atoms with E-state index in [0.29, 0.717) is 39.3 Å². The minimum atomic E-state index is -3.71. The molecule has 0 saturated carbocycles. The maximum atomic E-state index is 12.8. The van der Waals surface area contributed by atoms with Crippen molar-refractivity contribution in [2.45, 2.75) is 41.5 Å². The van der Waals surface area contributed by atoms with Crippen LogP contribution in [0.4, 0.5) is 0 Å². The van der Waals surface area contributed by atoms with Crippen molar-refractivity contribution < 1.29 is 18.4 Å². The molecule has 0 rings (SSSR count). The third-order valence-corrected chi connectivity index (χ3v) is 4.06. The molecular weight excluding hydrogens is 281 g/mol. The molecule has 0 aliphatic heterocycles. The molecule has 0 atom stereocenters. The molecule has 0 radical (unpaired) electrons. The molecular formula is C12H30N3O4P. The molecule has 0 aliphatic carbocycles. The summed E-state index contributed by atoms with van der Waals surface area (Å²) in [6.45, 7) is 15.1. The van der Waals surface area contributed by atoms with Crippen LogP contribution in [0, 0.1) is 0 Å². The van der Waals surface area contributed by atoms with Crippen LogP contribution in [0.1, 0.15) is 41.5 Å². The van der Waals surface area contributed by atoms with E-state index in [-0.39, 0.29) is 0 Å². The second-order valence-corrected chi connectivity index (χ2v) is 5.42. The number of hydroxylamine groups is 6. The molecule has 0 fully saturated rings. The molecule has 8 heteroatoms. The van der Waals surface area contributed by atoms with Crippen molar-refractivity contribution in [3.63, 3.8) is 0 Å². The van der Waals surface area contributed by atoms with Crippen LogP contribution < -0.4 is 0 Å². The van der Waals surface area contributed by atoms with Crippen LogP contribution in [0.5, 0.6) is 0 Å². The maximum Gasteiger partial charge on any atom is 0.525 e. The summed E-state index contributed by atoms with van der Waals surface area (Å²) in [6.07, 6.45) is 0. The molecule has 0 aromatic rings. The summed E-state index contributed by atoms with van der Waals surface area (Å²) in [5.74, 6) is 0. The van der Waals surface area contributed by atoms with Gasteiger partial charge < -0.3 is 0 Å². The Kier molecular flexibility index (Phi) is 10.7. The molecule has 0 N–H and O–H groups in total. The first kappa shape index (κ1) is 20.0. The highest BCUT2D eigenvalue weighted by atomic mass is 31.2. The van der Waals surface area contributed by atoms with Crippen molar-refractivity contribution in [1.82, 2.24) is 15.2 Å². The normalized spacial score (nSPS) is 12.8. The van der Waals surface area contributed by atoms with Crippen molar-refractivity contribution in [3.05, 3.63) is 0 Å². The van der Waals surface area contributed by atoms with E-state index >= 15 is 0 Å². The van der Waals surface area contributed by atoms with Crippen LogP contribution in [0.15, 0.2) is 0 Å². The van der Waals surface area contributed by atoms with E-state index in [1.807, 2.05) is 41.5 Å². The van der Waals surface area contributed by atoms with Gasteiger partial charge in [0.05, 0.1) is 0 Å². The van der Waals surface area contributed by atoms with Gasteiger partial charge in [-0.3, -0.25) is 0 Å². The van der Waals surface area contributed by atoms with Crippen molar-refractivity contribution >= 4 is 7.82 Å². The van der Waals surface area contributed by atoms with Gasteiger partial charge in [-0.05, 0) is 0 Å². The Morgan fingerprint density at radius 1 is 0.600 bits per heavy atom. The van der Waals surface area contributed by atoms with Crippen molar-refractivity contribution in [3.8, 4) is 0 Å². The van der Waals surface area contributed by atoms with Crippen LogP contribution in [-0.2, 0) is 18.4 Å². The Morgan fingerprint density at radius 2 is 0.800 bits per heavy atom. The molecule has 20 heavy (non-hydrogen) atoms. The Labute approximate surface area is 123 Å². The number of phosphoric acid groups is 1. The Balaban J connectivity index is 4.95. The molecule has 0 heterocycles. The molecule has 0 aromatic carbocycles. The molecule has 0 spiro atoms. The Hall–Kier alpha value is -0.0100. The number of hydrogen-bond donors (Lipinski definition) is 0. The van der Waals surface area contributed by atoms with Gasteiger partial charge in [0.15, 0.2) is 0 Å². The number of rotatable bonds is 12. The van der Waals surface area contributed by atoms with Gasteiger partial charge in [0.2, 0.25) is 0 Å². The lowest BCUT2D eigenvalue weighted by Gasteiger charge is -2.30. The summed E-state index contributed by atoms with van der Waals surface area (Å²) in [4.78, 5) is 0. The van der Waals surface area contributed by atoms with E-state index in [4.69, 9.17) is 13.9 Å². The summed E-state index contributed by atoms with van der Waals surface area (Å²) in [7, 11) is -3.71. The second kappa shape index (κ2) is 10.7. The topological polar surface area (TPSA) is 54.5 Å². The lowest BCUT2D eigenvalue weighted by atomic mass is 10.6. The summed E-state index contributed by atoms with van der Waals surface area (Å²) in [5.41, 5.74) is 0. The molecule has 0 unspecified atom stereocenters. The molecule has 7 nitrogen and oxygen atoms in total. The van der Waals surface area contributed by atoms with Gasteiger partial charge in [-0.2, -0.15) is 29.1 Å². The zero-order valence-electron chi connectivity index (χ0n) is 13.7. The first-order chi connectivity index (χ1) is 9.48. The fraction of sp³-hybridized carbons (Fsp3) is 1.00. The first-order valence-electron chi connectivity index (χ1n) is 7.42. The minimum absolute atomic E-state index is 0.601. The Bertz CT molecular complexity index is 239. The predicted octanol–water partition coefficient (Wildman–Crippen LogP) is 2.91. The third kappa shape index (κ3) is 7.13. The maximum absolute atomic E-state index is 12.8. The largest absolute Gasteiger partial charge is 0.525 e. The monoisotopic (exact) mass is 311 g/mol. The average molecular weight is 311 g/mol. The van der Waals surface area contributed by atoms with Gasteiger partial charge in [0.1, 0.15) is 0 Å². The zero-order valence-corrected chi connectivity index (χ0v) is 14.6. The van der Waals surface area contributed by atoms with Gasteiger partial charge in [-0.1, -0.05) is 41.5 Å². The van der Waals surface area contributed by atoms with Crippen LogP contribution >= 0.6 is 7.82 Å². The lowest BCUT2D eigenvalue weighted by molar-refractivity contribution is -0.180. The van der Waals surface area contributed by atoms with Crippen LogP contribution in [-0.4, -0.2) is 54.5 Å². The summed E-state index contributed by atoms with van der Waals surface area (Å²) >= 11 is 0. The van der Waals surface area contributed by atoms with Gasteiger partial charge in [0.25, 0.3) is 0 Å². The summed E-state index contributed by atoms with van der Waals surface area (Å²) < 4.78 is 29.2. The molecule has 0 aliphatic rings. The van der Waals surface area contributed by atoms with E-state index in [0.717, 1.165) is 0 Å². The van der Waals surface area contributed by atoms with Gasteiger partial charge in [-0.25, -0.2) is 4.57 Å². The fourth-order valence-electron chi connectivity index (χ4n) is 1.49. The minimum Gasteiger partial charge on any atom is -0.223 e. The molecule has 122 valence electrons. The van der Waals surface area contributed by atoms with Gasteiger partial charge in [-0.15, -0.1) is 0 Å². The molecule has 0 bridgehead atoms. The standard InChI is InChI=1S/C12H30N3O4P/c1-7-13(8-2)17-20(16,18-14(9-3)10-4)19-15(11-5)12-6/h7-12H2,1-6H3. The number of nitrogens with zero attached hydrogens (tertiary/aromatic N) is 3. The molecule has 0 amide bonds. The van der Waals surface area contributed by atoms with E-state index < -0.39 is 7.82 Å². The highest BCUT2D eigenvalue weighted by Gasteiger charge is 2.35. The van der Waals surface area contributed by atoms with E-state index in [1.54, 1.807) is 15.2 Å². The number of hydrogen-bond acceptors (Lipinski definition) is 7. The SMILES string of the molecule is CCN(CC)OP(=O)(ON(CC)CC)ON(CC)CC. The predicted molar refractivity (Wildman–Crippen MR) is 79.6 cm³/mol. The smallest absolute Gasteiger partial charge is 0.223 e. The average Bonchev–Trinajstić information content (AvgIpc) is 2.48. The van der Waals surface area contributed by atoms with Crippen LogP contribution in [0.25, 0.3) is 0 Å². The first-order valence-corrected chi connectivity index (χ1v) is 8.88. The van der Waals surface area contributed by atoms with Crippen LogP contribution in [0.3, 0.4) is 0 Å². The fourth-order valence-corrected chi connectivity index (χ4v) is 3.12. The van der Waals surface area contributed by atoms with Crippen LogP contribution in [0.2, 0.25) is 0 Å². The van der Waals surface area contributed by atoms with E-state index in [1.165, 1.54) is 0 Å². The van der Waals surface area contributed by atoms with Crippen molar-refractivity contribution in [1.29, 1.82) is 0 Å². The Morgan fingerprint density at radius 3 is 0.950 bits per heavy atom. The highest BCUT2D eigenvalue weighted by molar-refractivity contribution is 7.48. The van der Waals surface area contributed by atoms with Gasteiger partial charge in [0, 0.05) is 39.3 Å². The van der Waals surface area contributed by atoms with Crippen molar-refractivity contribution in [2.75, 3.05) is 39.3 Å². The second-order valence-electron chi connectivity index (χ2n) is 4.03. The van der Waals surface area contributed by atoms with E-state index in [2.05, 4.69) is 0 Å². The zero-order chi connectivity index (χ0) is 15.6. The lowest BCUT2D eigenvalue weighted by Crippen LogP contribution is -2.31. The highest BCUT2D eigenvalue weighted by Crippen LogP contribution is 2.51.